The van der Waals surface area contributed by atoms with Crippen molar-refractivity contribution >= 4 is 11.9 Å². The van der Waals surface area contributed by atoms with E-state index in [1.54, 1.807) is 23.0 Å². The Kier molecular flexibility index (Phi) is 6.75. The van der Waals surface area contributed by atoms with Crippen LogP contribution in [0.15, 0.2) is 42.5 Å². The van der Waals surface area contributed by atoms with E-state index in [-0.39, 0.29) is 11.9 Å². The van der Waals surface area contributed by atoms with Gasteiger partial charge < -0.3 is 19.9 Å². The van der Waals surface area contributed by atoms with Gasteiger partial charge in [0.1, 0.15) is 5.75 Å². The number of nitrogens with one attached hydrogen (secondary N) is 1. The van der Waals surface area contributed by atoms with Crippen LogP contribution in [0.3, 0.4) is 0 Å². The number of carbonyl (C=O) groups is 2. The van der Waals surface area contributed by atoms with Crippen LogP contribution in [0.4, 0.5) is 4.79 Å². The number of amides is 3. The van der Waals surface area contributed by atoms with Crippen LogP contribution in [0.5, 0.6) is 5.75 Å². The van der Waals surface area contributed by atoms with E-state index in [9.17, 15) is 9.59 Å². The zero-order chi connectivity index (χ0) is 20.8. The number of carbonyl (C=O) groups excluding carboxylic acids is 2. The highest BCUT2D eigenvalue weighted by molar-refractivity contribution is 5.95. The molecule has 0 saturated carbocycles. The Morgan fingerprint density at radius 2 is 1.72 bits per heavy atom. The number of rotatable bonds is 5. The molecule has 1 aliphatic rings. The summed E-state index contributed by atoms with van der Waals surface area (Å²) in [5, 5.41) is 2.98. The molecule has 0 aromatic heterocycles. The molecule has 6 heteroatoms. The van der Waals surface area contributed by atoms with Crippen LogP contribution in [-0.4, -0.2) is 61.6 Å². The number of urea groups is 1. The van der Waals surface area contributed by atoms with Crippen molar-refractivity contribution in [2.75, 3.05) is 39.8 Å². The Balaban J connectivity index is 1.47. The van der Waals surface area contributed by atoms with Crippen LogP contribution in [0.2, 0.25) is 0 Å². The van der Waals surface area contributed by atoms with E-state index in [4.69, 9.17) is 4.74 Å². The summed E-state index contributed by atoms with van der Waals surface area (Å²) in [5.74, 6) is 0.685. The van der Waals surface area contributed by atoms with Gasteiger partial charge in [-0.25, -0.2) is 4.79 Å². The number of methoxy groups -OCH3 is 1. The third kappa shape index (κ3) is 5.28. The van der Waals surface area contributed by atoms with E-state index in [0.29, 0.717) is 44.0 Å². The highest BCUT2D eigenvalue weighted by Crippen LogP contribution is 2.20. The van der Waals surface area contributed by atoms with Gasteiger partial charge in [0.2, 0.25) is 0 Å². The second kappa shape index (κ2) is 9.45. The first-order chi connectivity index (χ1) is 14.0. The quantitative estimate of drug-likeness (QED) is 0.847. The summed E-state index contributed by atoms with van der Waals surface area (Å²) in [6, 6.07) is 13.7. The van der Waals surface area contributed by atoms with E-state index >= 15 is 0 Å². The average Bonchev–Trinajstić information content (AvgIpc) is 2.73. The van der Waals surface area contributed by atoms with Gasteiger partial charge in [-0.1, -0.05) is 35.9 Å². The van der Waals surface area contributed by atoms with Gasteiger partial charge in [-0.05, 0) is 43.5 Å². The van der Waals surface area contributed by atoms with E-state index in [1.807, 2.05) is 25.1 Å². The van der Waals surface area contributed by atoms with Crippen LogP contribution in [0.1, 0.15) is 27.0 Å². The molecule has 3 rings (SSSR count). The molecule has 2 aromatic carbocycles. The lowest BCUT2D eigenvalue weighted by molar-refractivity contribution is 0.0665. The average molecular weight is 396 g/mol. The molecule has 0 bridgehead atoms. The summed E-state index contributed by atoms with van der Waals surface area (Å²) >= 11 is 0. The maximum Gasteiger partial charge on any atom is 0.317 e. The lowest BCUT2D eigenvalue weighted by atomic mass is 10.1. The van der Waals surface area contributed by atoms with Crippen molar-refractivity contribution in [2.24, 2.45) is 0 Å². The fourth-order valence-electron chi connectivity index (χ4n) is 3.54. The molecule has 1 N–H and O–H groups in total. The molecule has 0 unspecified atom stereocenters. The number of ether oxygens (including phenoxy) is 1. The predicted molar refractivity (Wildman–Crippen MR) is 113 cm³/mol. The molecule has 1 aliphatic heterocycles. The van der Waals surface area contributed by atoms with Crippen molar-refractivity contribution in [2.45, 2.75) is 20.3 Å². The Morgan fingerprint density at radius 3 is 2.41 bits per heavy atom. The summed E-state index contributed by atoms with van der Waals surface area (Å²) in [4.78, 5) is 28.7. The number of aryl methyl sites for hydroxylation is 2. The Bertz CT molecular complexity index is 873. The maximum absolute atomic E-state index is 12.8. The minimum Gasteiger partial charge on any atom is -0.496 e. The molecule has 0 spiro atoms. The fourth-order valence-corrected chi connectivity index (χ4v) is 3.54. The molecule has 0 aliphatic carbocycles. The smallest absolute Gasteiger partial charge is 0.317 e. The standard InChI is InChI=1S/C23H29N3O3/c1-17-5-4-6-19(15-17)9-10-24-23(28)26-13-11-25(12-14-26)22(27)20-8-7-18(2)21(16-20)29-3/h4-8,15-16H,9-14H2,1-3H3,(H,24,28). The Morgan fingerprint density at radius 1 is 1.00 bits per heavy atom. The highest BCUT2D eigenvalue weighted by Gasteiger charge is 2.25. The van der Waals surface area contributed by atoms with Crippen molar-refractivity contribution in [1.29, 1.82) is 0 Å². The zero-order valence-electron chi connectivity index (χ0n) is 17.4. The van der Waals surface area contributed by atoms with Crippen LogP contribution in [-0.2, 0) is 6.42 Å². The SMILES string of the molecule is COc1cc(C(=O)N2CCN(C(=O)NCCc3cccc(C)c3)CC2)ccc1C. The number of nitrogens with zero attached hydrogens (tertiary/aromatic N) is 2. The van der Waals surface area contributed by atoms with Crippen molar-refractivity contribution in [3.63, 3.8) is 0 Å². The van der Waals surface area contributed by atoms with Crippen molar-refractivity contribution in [3.05, 3.63) is 64.7 Å². The van der Waals surface area contributed by atoms with Gasteiger partial charge in [0, 0.05) is 38.3 Å². The molecule has 0 atom stereocenters. The molecule has 0 radical (unpaired) electrons. The van der Waals surface area contributed by atoms with Crippen molar-refractivity contribution in [3.8, 4) is 5.75 Å². The largest absolute Gasteiger partial charge is 0.496 e. The summed E-state index contributed by atoms with van der Waals surface area (Å²) in [6.45, 7) is 6.74. The lowest BCUT2D eigenvalue weighted by Gasteiger charge is -2.34. The predicted octanol–water partition coefficient (Wildman–Crippen LogP) is 3.02. The minimum absolute atomic E-state index is 0.0252. The third-order valence-electron chi connectivity index (χ3n) is 5.28. The molecule has 6 nitrogen and oxygen atoms in total. The molecular formula is C23H29N3O3. The van der Waals surface area contributed by atoms with Crippen molar-refractivity contribution in [1.82, 2.24) is 15.1 Å². The Labute approximate surface area is 172 Å². The van der Waals surface area contributed by atoms with Gasteiger partial charge in [-0.3, -0.25) is 4.79 Å². The Hall–Kier alpha value is -3.02. The van der Waals surface area contributed by atoms with Gasteiger partial charge >= 0.3 is 6.03 Å². The molecule has 29 heavy (non-hydrogen) atoms. The van der Waals surface area contributed by atoms with Gasteiger partial charge in [-0.15, -0.1) is 0 Å². The van der Waals surface area contributed by atoms with Gasteiger partial charge in [-0.2, -0.15) is 0 Å². The zero-order valence-corrected chi connectivity index (χ0v) is 17.4. The molecule has 1 fully saturated rings. The number of piperazine rings is 1. The summed E-state index contributed by atoms with van der Waals surface area (Å²) in [6.07, 6.45) is 0.807. The second-order valence-corrected chi connectivity index (χ2v) is 7.43. The normalized spacial score (nSPS) is 13.9. The van der Waals surface area contributed by atoms with Gasteiger partial charge in [0.25, 0.3) is 5.91 Å². The number of benzene rings is 2. The van der Waals surface area contributed by atoms with Crippen LogP contribution >= 0.6 is 0 Å². The molecule has 2 aromatic rings. The van der Waals surface area contributed by atoms with Crippen molar-refractivity contribution < 1.29 is 14.3 Å². The number of hydrogen-bond acceptors (Lipinski definition) is 3. The monoisotopic (exact) mass is 395 g/mol. The first kappa shape index (κ1) is 20.7. The van der Waals surface area contributed by atoms with Crippen LogP contribution < -0.4 is 10.1 Å². The number of hydrogen-bond donors (Lipinski definition) is 1. The summed E-state index contributed by atoms with van der Waals surface area (Å²) in [5.41, 5.74) is 4.05. The maximum atomic E-state index is 12.8. The molecular weight excluding hydrogens is 366 g/mol. The van der Waals surface area contributed by atoms with E-state index in [0.717, 1.165) is 12.0 Å². The summed E-state index contributed by atoms with van der Waals surface area (Å²) < 4.78 is 5.32. The van der Waals surface area contributed by atoms with E-state index < -0.39 is 0 Å². The lowest BCUT2D eigenvalue weighted by Crippen LogP contribution is -2.53. The molecule has 1 saturated heterocycles. The molecule has 3 amide bonds. The van der Waals surface area contributed by atoms with Gasteiger partial charge in [0.15, 0.2) is 0 Å². The van der Waals surface area contributed by atoms with Crippen LogP contribution in [0.25, 0.3) is 0 Å². The third-order valence-corrected chi connectivity index (χ3v) is 5.28. The second-order valence-electron chi connectivity index (χ2n) is 7.43. The van der Waals surface area contributed by atoms with Crippen LogP contribution in [0, 0.1) is 13.8 Å². The van der Waals surface area contributed by atoms with Gasteiger partial charge in [0.05, 0.1) is 7.11 Å². The first-order valence-electron chi connectivity index (χ1n) is 10.00. The molecule has 1 heterocycles. The summed E-state index contributed by atoms with van der Waals surface area (Å²) in [7, 11) is 1.60. The van der Waals surface area contributed by atoms with E-state index in [1.165, 1.54) is 11.1 Å². The highest BCUT2D eigenvalue weighted by atomic mass is 16.5. The fraction of sp³-hybridized carbons (Fsp3) is 0.391. The van der Waals surface area contributed by atoms with E-state index in [2.05, 4.69) is 30.4 Å². The first-order valence-corrected chi connectivity index (χ1v) is 10.00. The topological polar surface area (TPSA) is 61.9 Å². The molecule has 154 valence electrons. The minimum atomic E-state index is -0.0678.